The molecule has 1 aromatic carbocycles. The topological polar surface area (TPSA) is 43.8 Å². The van der Waals surface area contributed by atoms with Gasteiger partial charge in [0.05, 0.1) is 11.2 Å². The van der Waals surface area contributed by atoms with Crippen molar-refractivity contribution >= 4 is 10.9 Å². The van der Waals surface area contributed by atoms with Crippen LogP contribution in [0.2, 0.25) is 0 Å². The fourth-order valence-corrected chi connectivity index (χ4v) is 3.94. The van der Waals surface area contributed by atoms with Gasteiger partial charge >= 0.3 is 0 Å². The molecule has 2 aliphatic carbocycles. The number of nitrogens with two attached hydrogens (primary N) is 1. The van der Waals surface area contributed by atoms with Crippen molar-refractivity contribution in [1.29, 1.82) is 0 Å². The highest BCUT2D eigenvalue weighted by Crippen LogP contribution is 2.55. The SMILES string of the molecule is Cn1nc(CC(N)C2CC3CC3C2)c2ccccc21. The molecule has 19 heavy (non-hydrogen) atoms. The number of para-hydroxylation sites is 1. The first kappa shape index (κ1) is 11.5. The lowest BCUT2D eigenvalue weighted by molar-refractivity contribution is 0.390. The maximum Gasteiger partial charge on any atom is 0.0718 e. The molecule has 2 saturated carbocycles. The van der Waals surface area contributed by atoms with Crippen molar-refractivity contribution in [2.75, 3.05) is 0 Å². The molecule has 3 atom stereocenters. The molecule has 3 unspecified atom stereocenters. The molecule has 0 amide bonds. The van der Waals surface area contributed by atoms with Crippen molar-refractivity contribution in [2.24, 2.45) is 30.5 Å². The van der Waals surface area contributed by atoms with E-state index in [0.29, 0.717) is 0 Å². The third kappa shape index (κ3) is 1.88. The minimum Gasteiger partial charge on any atom is -0.327 e. The van der Waals surface area contributed by atoms with Crippen LogP contribution in [-0.4, -0.2) is 15.8 Å². The third-order valence-corrected chi connectivity index (χ3v) is 5.15. The quantitative estimate of drug-likeness (QED) is 0.915. The molecule has 4 rings (SSSR count). The zero-order valence-corrected chi connectivity index (χ0v) is 11.4. The van der Waals surface area contributed by atoms with Crippen LogP contribution < -0.4 is 5.73 Å². The molecule has 0 bridgehead atoms. The van der Waals surface area contributed by atoms with E-state index in [1.807, 2.05) is 11.7 Å². The second-order valence-corrected chi connectivity index (χ2v) is 6.44. The Kier molecular flexibility index (Phi) is 2.46. The van der Waals surface area contributed by atoms with E-state index < -0.39 is 0 Å². The molecule has 0 radical (unpaired) electrons. The first-order valence-corrected chi connectivity index (χ1v) is 7.38. The lowest BCUT2D eigenvalue weighted by atomic mass is 9.91. The second kappa shape index (κ2) is 4.07. The van der Waals surface area contributed by atoms with E-state index in [2.05, 4.69) is 29.4 Å². The van der Waals surface area contributed by atoms with E-state index in [1.165, 1.54) is 35.9 Å². The van der Waals surface area contributed by atoms with Crippen LogP contribution in [0, 0.1) is 17.8 Å². The Hall–Kier alpha value is -1.35. The van der Waals surface area contributed by atoms with Crippen LogP contribution in [0.1, 0.15) is 25.0 Å². The number of nitrogens with zero attached hydrogens (tertiary/aromatic N) is 2. The van der Waals surface area contributed by atoms with Crippen LogP contribution in [0.5, 0.6) is 0 Å². The highest BCUT2D eigenvalue weighted by Gasteiger charge is 2.47. The average molecular weight is 255 g/mol. The molecule has 1 aromatic heterocycles. The van der Waals surface area contributed by atoms with E-state index in [4.69, 9.17) is 5.73 Å². The molecule has 1 heterocycles. The molecule has 3 nitrogen and oxygen atoms in total. The molecule has 2 N–H and O–H groups in total. The number of rotatable bonds is 3. The van der Waals surface area contributed by atoms with Crippen LogP contribution in [0.25, 0.3) is 10.9 Å². The summed E-state index contributed by atoms with van der Waals surface area (Å²) in [4.78, 5) is 0. The lowest BCUT2D eigenvalue weighted by Crippen LogP contribution is -2.31. The van der Waals surface area contributed by atoms with Crippen LogP contribution >= 0.6 is 0 Å². The molecule has 2 aromatic rings. The Bertz CT molecular complexity index is 605. The molecule has 0 aliphatic heterocycles. The smallest absolute Gasteiger partial charge is 0.0718 e. The molecule has 0 saturated heterocycles. The van der Waals surface area contributed by atoms with Gasteiger partial charge in [-0.15, -0.1) is 0 Å². The summed E-state index contributed by atoms with van der Waals surface area (Å²) in [7, 11) is 2.02. The monoisotopic (exact) mass is 255 g/mol. The van der Waals surface area contributed by atoms with Crippen molar-refractivity contribution in [3.8, 4) is 0 Å². The van der Waals surface area contributed by atoms with Crippen LogP contribution in [0.4, 0.5) is 0 Å². The summed E-state index contributed by atoms with van der Waals surface area (Å²) in [6.07, 6.45) is 5.11. The molecule has 3 heteroatoms. The number of benzene rings is 1. The van der Waals surface area contributed by atoms with Gasteiger partial charge in [0.1, 0.15) is 0 Å². The summed E-state index contributed by atoms with van der Waals surface area (Å²) in [6.45, 7) is 0. The highest BCUT2D eigenvalue weighted by molar-refractivity contribution is 5.81. The summed E-state index contributed by atoms with van der Waals surface area (Å²) in [5.41, 5.74) is 8.82. The van der Waals surface area contributed by atoms with Crippen molar-refractivity contribution in [2.45, 2.75) is 31.7 Å². The first-order chi connectivity index (χ1) is 9.22. The zero-order chi connectivity index (χ0) is 13.0. The Balaban J connectivity index is 1.57. The largest absolute Gasteiger partial charge is 0.327 e. The second-order valence-electron chi connectivity index (χ2n) is 6.44. The fraction of sp³-hybridized carbons (Fsp3) is 0.562. The normalized spacial score (nSPS) is 30.5. The Morgan fingerprint density at radius 2 is 2.00 bits per heavy atom. The van der Waals surface area contributed by atoms with E-state index >= 15 is 0 Å². The average Bonchev–Trinajstić information content (AvgIpc) is 2.90. The van der Waals surface area contributed by atoms with Crippen LogP contribution in [0.15, 0.2) is 24.3 Å². The highest BCUT2D eigenvalue weighted by atomic mass is 15.3. The number of fused-ring (bicyclic) bond motifs is 2. The number of hydrogen-bond acceptors (Lipinski definition) is 2. The van der Waals surface area contributed by atoms with E-state index in [1.54, 1.807) is 0 Å². The first-order valence-electron chi connectivity index (χ1n) is 7.38. The van der Waals surface area contributed by atoms with Gasteiger partial charge in [0.15, 0.2) is 0 Å². The Labute approximate surface area is 113 Å². The third-order valence-electron chi connectivity index (χ3n) is 5.15. The predicted octanol–water partition coefficient (Wildman–Crippen LogP) is 2.49. The minimum atomic E-state index is 0.283. The van der Waals surface area contributed by atoms with Gasteiger partial charge in [0.25, 0.3) is 0 Å². The summed E-state index contributed by atoms with van der Waals surface area (Å²) in [6, 6.07) is 8.73. The van der Waals surface area contributed by atoms with Crippen molar-refractivity contribution in [3.05, 3.63) is 30.0 Å². The van der Waals surface area contributed by atoms with E-state index in [-0.39, 0.29) is 6.04 Å². The molecular weight excluding hydrogens is 234 g/mol. The van der Waals surface area contributed by atoms with Gasteiger partial charge in [-0.05, 0) is 43.1 Å². The molecular formula is C16H21N3. The fourth-order valence-electron chi connectivity index (χ4n) is 3.94. The van der Waals surface area contributed by atoms with Crippen molar-refractivity contribution in [3.63, 3.8) is 0 Å². The lowest BCUT2D eigenvalue weighted by Gasteiger charge is -2.19. The zero-order valence-electron chi connectivity index (χ0n) is 11.4. The van der Waals surface area contributed by atoms with Crippen LogP contribution in [0.3, 0.4) is 0 Å². The van der Waals surface area contributed by atoms with Gasteiger partial charge < -0.3 is 5.73 Å². The maximum absolute atomic E-state index is 6.44. The van der Waals surface area contributed by atoms with Gasteiger partial charge in [-0.2, -0.15) is 5.10 Å². The minimum absolute atomic E-state index is 0.283. The molecule has 0 spiro atoms. The number of aromatic nitrogens is 2. The Morgan fingerprint density at radius 1 is 1.26 bits per heavy atom. The van der Waals surface area contributed by atoms with Gasteiger partial charge in [-0.25, -0.2) is 0 Å². The van der Waals surface area contributed by atoms with E-state index in [9.17, 15) is 0 Å². The maximum atomic E-state index is 6.44. The summed E-state index contributed by atoms with van der Waals surface area (Å²) in [5.74, 6) is 2.75. The standard InChI is InChI=1S/C16H21N3/c1-19-16-5-3-2-4-13(16)15(18-19)9-14(17)12-7-10-6-11(10)8-12/h2-5,10-12,14H,6-9,17H2,1H3. The molecule has 100 valence electrons. The molecule has 2 fully saturated rings. The van der Waals surface area contributed by atoms with Gasteiger partial charge in [-0.1, -0.05) is 18.2 Å². The number of aryl methyl sites for hydroxylation is 1. The predicted molar refractivity (Wildman–Crippen MR) is 76.7 cm³/mol. The summed E-state index contributed by atoms with van der Waals surface area (Å²) in [5, 5.41) is 5.94. The Morgan fingerprint density at radius 3 is 2.79 bits per heavy atom. The molecule has 2 aliphatic rings. The van der Waals surface area contributed by atoms with E-state index in [0.717, 1.165) is 24.2 Å². The van der Waals surface area contributed by atoms with Gasteiger partial charge in [-0.3, -0.25) is 4.68 Å². The van der Waals surface area contributed by atoms with Crippen molar-refractivity contribution < 1.29 is 0 Å². The van der Waals surface area contributed by atoms with Gasteiger partial charge in [0.2, 0.25) is 0 Å². The van der Waals surface area contributed by atoms with Crippen molar-refractivity contribution in [1.82, 2.24) is 9.78 Å². The summed E-state index contributed by atoms with van der Waals surface area (Å²) < 4.78 is 1.98. The van der Waals surface area contributed by atoms with Crippen LogP contribution in [-0.2, 0) is 13.5 Å². The summed E-state index contributed by atoms with van der Waals surface area (Å²) >= 11 is 0. The van der Waals surface area contributed by atoms with Gasteiger partial charge in [0, 0.05) is 24.9 Å². The number of hydrogen-bond donors (Lipinski definition) is 1.